The molecule has 1 amide bonds. The van der Waals surface area contributed by atoms with Crippen molar-refractivity contribution < 1.29 is 28.9 Å². The molecule has 0 aliphatic heterocycles. The first-order chi connectivity index (χ1) is 13.5. The third-order valence-corrected chi connectivity index (χ3v) is 5.00. The highest BCUT2D eigenvalue weighted by molar-refractivity contribution is 5.72. The van der Waals surface area contributed by atoms with Crippen molar-refractivity contribution in [2.24, 2.45) is 5.92 Å². The normalized spacial score (nSPS) is 15.2. The van der Waals surface area contributed by atoms with E-state index in [0.29, 0.717) is 44.4 Å². The van der Waals surface area contributed by atoms with Gasteiger partial charge in [-0.1, -0.05) is 25.0 Å². The van der Waals surface area contributed by atoms with Gasteiger partial charge in [0.25, 0.3) is 0 Å². The second-order valence-electron chi connectivity index (χ2n) is 7.05. The molecule has 28 heavy (non-hydrogen) atoms. The van der Waals surface area contributed by atoms with Gasteiger partial charge >= 0.3 is 12.1 Å². The summed E-state index contributed by atoms with van der Waals surface area (Å²) in [7, 11) is 1.40. The van der Waals surface area contributed by atoms with E-state index in [4.69, 9.17) is 19.3 Å². The van der Waals surface area contributed by atoms with Crippen LogP contribution in [-0.2, 0) is 20.7 Å². The number of carbonyl (C=O) groups is 2. The van der Waals surface area contributed by atoms with E-state index in [1.165, 1.54) is 20.0 Å². The van der Waals surface area contributed by atoms with Crippen molar-refractivity contribution in [1.29, 1.82) is 0 Å². The van der Waals surface area contributed by atoms with E-state index in [1.807, 2.05) is 12.1 Å². The molecule has 1 fully saturated rings. The number of methoxy groups -OCH3 is 1. The molecule has 1 N–H and O–H groups in total. The second kappa shape index (κ2) is 11.5. The fourth-order valence-corrected chi connectivity index (χ4v) is 3.52. The van der Waals surface area contributed by atoms with E-state index in [9.17, 15) is 9.59 Å². The SMILES string of the molecule is CCOC(Cc1ccc(OCCN(CC2CCCC2)C(=O)OC)cc1)C(=O)O. The predicted octanol–water partition coefficient (Wildman–Crippen LogP) is 3.36. The lowest BCUT2D eigenvalue weighted by Crippen LogP contribution is -2.37. The maximum atomic E-state index is 12.0. The Labute approximate surface area is 166 Å². The van der Waals surface area contributed by atoms with Crippen LogP contribution in [0.4, 0.5) is 4.79 Å². The molecule has 1 unspecified atom stereocenters. The Bertz CT molecular complexity index is 612. The summed E-state index contributed by atoms with van der Waals surface area (Å²) in [6.07, 6.45) is 3.93. The summed E-state index contributed by atoms with van der Waals surface area (Å²) in [6, 6.07) is 7.28. The minimum atomic E-state index is -0.965. The van der Waals surface area contributed by atoms with Gasteiger partial charge in [0.15, 0.2) is 6.10 Å². The summed E-state index contributed by atoms with van der Waals surface area (Å²) in [5.74, 6) is 0.260. The van der Waals surface area contributed by atoms with Crippen LogP contribution in [0.25, 0.3) is 0 Å². The molecule has 0 bridgehead atoms. The standard InChI is InChI=1S/C21H31NO6/c1-3-27-19(20(23)24)14-16-8-10-18(11-9-16)28-13-12-22(21(25)26-2)15-17-6-4-5-7-17/h8-11,17,19H,3-7,12-15H2,1-2H3,(H,23,24). The van der Waals surface area contributed by atoms with Crippen molar-refractivity contribution in [2.45, 2.75) is 45.1 Å². The summed E-state index contributed by atoms with van der Waals surface area (Å²) in [5.41, 5.74) is 0.866. The van der Waals surface area contributed by atoms with Gasteiger partial charge in [-0.15, -0.1) is 0 Å². The number of carbonyl (C=O) groups excluding carboxylic acids is 1. The first-order valence-corrected chi connectivity index (χ1v) is 9.92. The third kappa shape index (κ3) is 7.03. The maximum Gasteiger partial charge on any atom is 0.409 e. The number of amides is 1. The summed E-state index contributed by atoms with van der Waals surface area (Å²) < 4.78 is 15.9. The van der Waals surface area contributed by atoms with E-state index in [1.54, 1.807) is 24.0 Å². The highest BCUT2D eigenvalue weighted by Crippen LogP contribution is 2.25. The van der Waals surface area contributed by atoms with Crippen molar-refractivity contribution in [3.63, 3.8) is 0 Å². The number of nitrogens with zero attached hydrogens (tertiary/aromatic N) is 1. The van der Waals surface area contributed by atoms with E-state index in [0.717, 1.165) is 18.4 Å². The van der Waals surface area contributed by atoms with Gasteiger partial charge in [0.2, 0.25) is 0 Å². The molecule has 1 aromatic rings. The molecule has 156 valence electrons. The number of benzene rings is 1. The number of rotatable bonds is 11. The van der Waals surface area contributed by atoms with Crippen LogP contribution < -0.4 is 4.74 Å². The van der Waals surface area contributed by atoms with Gasteiger partial charge in [-0.3, -0.25) is 0 Å². The van der Waals surface area contributed by atoms with Crippen molar-refractivity contribution in [3.05, 3.63) is 29.8 Å². The number of hydrogen-bond acceptors (Lipinski definition) is 5. The molecular formula is C21H31NO6. The third-order valence-electron chi connectivity index (χ3n) is 5.00. The molecular weight excluding hydrogens is 362 g/mol. The van der Waals surface area contributed by atoms with Crippen LogP contribution in [0.15, 0.2) is 24.3 Å². The molecule has 0 aromatic heterocycles. The van der Waals surface area contributed by atoms with Crippen molar-refractivity contribution >= 4 is 12.1 Å². The Morgan fingerprint density at radius 2 is 1.89 bits per heavy atom. The van der Waals surface area contributed by atoms with E-state index >= 15 is 0 Å². The Morgan fingerprint density at radius 3 is 2.46 bits per heavy atom. The average Bonchev–Trinajstić information content (AvgIpc) is 3.20. The largest absolute Gasteiger partial charge is 0.492 e. The number of carboxylic acids is 1. The molecule has 1 aliphatic carbocycles. The lowest BCUT2D eigenvalue weighted by molar-refractivity contribution is -0.149. The number of carboxylic acid groups (broad SMARTS) is 1. The molecule has 0 saturated heterocycles. The Kier molecular flexibility index (Phi) is 9.07. The van der Waals surface area contributed by atoms with Crippen LogP contribution in [0, 0.1) is 5.92 Å². The molecule has 0 heterocycles. The zero-order chi connectivity index (χ0) is 20.4. The molecule has 7 nitrogen and oxygen atoms in total. The minimum Gasteiger partial charge on any atom is -0.492 e. The van der Waals surface area contributed by atoms with Gasteiger partial charge in [0.05, 0.1) is 13.7 Å². The number of ether oxygens (including phenoxy) is 3. The van der Waals surface area contributed by atoms with Gasteiger partial charge in [-0.05, 0) is 43.4 Å². The molecule has 1 aliphatic rings. The fraction of sp³-hybridized carbons (Fsp3) is 0.619. The number of hydrogen-bond donors (Lipinski definition) is 1. The quantitative estimate of drug-likeness (QED) is 0.620. The summed E-state index contributed by atoms with van der Waals surface area (Å²) in [5, 5.41) is 9.16. The van der Waals surface area contributed by atoms with E-state index < -0.39 is 12.1 Å². The van der Waals surface area contributed by atoms with Gasteiger partial charge in [0, 0.05) is 19.6 Å². The topological polar surface area (TPSA) is 85.3 Å². The predicted molar refractivity (Wildman–Crippen MR) is 105 cm³/mol. The molecule has 1 atom stereocenters. The molecule has 0 radical (unpaired) electrons. The van der Waals surface area contributed by atoms with Gasteiger partial charge in [0.1, 0.15) is 12.4 Å². The lowest BCUT2D eigenvalue weighted by atomic mass is 10.1. The molecule has 1 aromatic carbocycles. The van der Waals surface area contributed by atoms with Crippen LogP contribution in [-0.4, -0.2) is 61.6 Å². The Hall–Kier alpha value is -2.28. The smallest absolute Gasteiger partial charge is 0.409 e. The molecule has 0 spiro atoms. The van der Waals surface area contributed by atoms with Crippen molar-refractivity contribution in [3.8, 4) is 5.75 Å². The highest BCUT2D eigenvalue weighted by atomic mass is 16.5. The Morgan fingerprint density at radius 1 is 1.21 bits per heavy atom. The van der Waals surface area contributed by atoms with Gasteiger partial charge in [-0.2, -0.15) is 0 Å². The molecule has 1 saturated carbocycles. The average molecular weight is 393 g/mol. The van der Waals surface area contributed by atoms with E-state index in [-0.39, 0.29) is 6.09 Å². The highest BCUT2D eigenvalue weighted by Gasteiger charge is 2.22. The molecule has 7 heteroatoms. The molecule has 2 rings (SSSR count). The minimum absolute atomic E-state index is 0.307. The maximum absolute atomic E-state index is 12.0. The van der Waals surface area contributed by atoms with Crippen LogP contribution in [0.1, 0.15) is 38.2 Å². The van der Waals surface area contributed by atoms with Crippen molar-refractivity contribution in [2.75, 3.05) is 33.4 Å². The van der Waals surface area contributed by atoms with Crippen LogP contribution in [0.3, 0.4) is 0 Å². The zero-order valence-corrected chi connectivity index (χ0v) is 16.8. The monoisotopic (exact) mass is 393 g/mol. The fourth-order valence-electron chi connectivity index (χ4n) is 3.52. The Balaban J connectivity index is 1.82. The van der Waals surface area contributed by atoms with Gasteiger partial charge in [-0.25, -0.2) is 9.59 Å². The van der Waals surface area contributed by atoms with Crippen molar-refractivity contribution in [1.82, 2.24) is 4.90 Å². The van der Waals surface area contributed by atoms with Gasteiger partial charge < -0.3 is 24.2 Å². The van der Waals surface area contributed by atoms with Crippen LogP contribution in [0.5, 0.6) is 5.75 Å². The lowest BCUT2D eigenvalue weighted by Gasteiger charge is -2.24. The number of aliphatic carboxylic acids is 1. The zero-order valence-electron chi connectivity index (χ0n) is 16.8. The summed E-state index contributed by atoms with van der Waals surface area (Å²) in [6.45, 7) is 3.68. The first-order valence-electron chi connectivity index (χ1n) is 9.92. The van der Waals surface area contributed by atoms with Crippen LogP contribution in [0.2, 0.25) is 0 Å². The summed E-state index contributed by atoms with van der Waals surface area (Å²) in [4.78, 5) is 24.9. The second-order valence-corrected chi connectivity index (χ2v) is 7.05. The first kappa shape index (κ1) is 22.0. The van der Waals surface area contributed by atoms with Crippen LogP contribution >= 0.6 is 0 Å². The van der Waals surface area contributed by atoms with E-state index in [2.05, 4.69) is 0 Å². The summed E-state index contributed by atoms with van der Waals surface area (Å²) >= 11 is 0.